The second-order valence-electron chi connectivity index (χ2n) is 3.59. The van der Waals surface area contributed by atoms with E-state index in [0.717, 1.165) is 0 Å². The first-order valence-electron chi connectivity index (χ1n) is 4.77. The van der Waals surface area contributed by atoms with Crippen LogP contribution in [0, 0.1) is 12.8 Å². The molecule has 0 radical (unpaired) electrons. The Hall–Kier alpha value is -1.92. The molecule has 1 atom stereocenters. The van der Waals surface area contributed by atoms with Gasteiger partial charge in [0.25, 0.3) is 0 Å². The van der Waals surface area contributed by atoms with Crippen molar-refractivity contribution < 1.29 is 14.7 Å². The van der Waals surface area contributed by atoms with Gasteiger partial charge < -0.3 is 10.0 Å². The first-order chi connectivity index (χ1) is 7.41. The average molecular weight is 226 g/mol. The van der Waals surface area contributed by atoms with Gasteiger partial charge in [0, 0.05) is 7.05 Å². The smallest absolute Gasteiger partial charge is 0.315 e. The molecule has 7 nitrogen and oxygen atoms in total. The molecule has 0 bridgehead atoms. The summed E-state index contributed by atoms with van der Waals surface area (Å²) in [6.07, 6.45) is 0. The number of carbonyl (C=O) groups is 2. The van der Waals surface area contributed by atoms with E-state index in [1.54, 1.807) is 6.92 Å². The predicted molar refractivity (Wildman–Crippen MR) is 54.4 cm³/mol. The Labute approximate surface area is 92.5 Å². The Balaban J connectivity index is 2.62. The lowest BCUT2D eigenvalue weighted by Crippen LogP contribution is -2.35. The van der Waals surface area contributed by atoms with Crippen LogP contribution in [0.5, 0.6) is 0 Å². The lowest BCUT2D eigenvalue weighted by molar-refractivity contribution is -0.150. The number of carbonyl (C=O) groups excluding carboxylic acids is 1. The quantitative estimate of drug-likeness (QED) is 0.692. The normalized spacial score (nSPS) is 12.2. The number of hydrogen-bond donors (Lipinski definition) is 2. The molecule has 0 saturated heterocycles. The zero-order valence-electron chi connectivity index (χ0n) is 9.39. The van der Waals surface area contributed by atoms with Crippen molar-refractivity contribution >= 4 is 11.9 Å². The minimum absolute atomic E-state index is 0.195. The number of nitrogens with zero attached hydrogens (tertiary/aromatic N) is 3. The highest BCUT2D eigenvalue weighted by atomic mass is 16.4. The molecule has 88 valence electrons. The number of aliphatic carboxylic acids is 1. The SMILES string of the molecule is Cc1nc(CN(C)C(=O)C(C)C(=O)O)n[nH]1. The van der Waals surface area contributed by atoms with Crippen LogP contribution in [0.3, 0.4) is 0 Å². The van der Waals surface area contributed by atoms with Crippen LogP contribution in [0.15, 0.2) is 0 Å². The molecule has 7 heteroatoms. The Morgan fingerprint density at radius 3 is 2.62 bits per heavy atom. The third-order valence-corrected chi connectivity index (χ3v) is 2.14. The third-order valence-electron chi connectivity index (χ3n) is 2.14. The standard InChI is InChI=1S/C9H14N4O3/c1-5(9(15)16)8(14)13(3)4-7-10-6(2)11-12-7/h5H,4H2,1-3H3,(H,15,16)(H,10,11,12). The summed E-state index contributed by atoms with van der Waals surface area (Å²) < 4.78 is 0. The summed E-state index contributed by atoms with van der Waals surface area (Å²) in [5.41, 5.74) is 0. The number of nitrogens with one attached hydrogen (secondary N) is 1. The predicted octanol–water partition coefficient (Wildman–Crippen LogP) is -0.208. The van der Waals surface area contributed by atoms with Gasteiger partial charge >= 0.3 is 5.97 Å². The van der Waals surface area contributed by atoms with Crippen molar-refractivity contribution in [3.05, 3.63) is 11.6 Å². The fraction of sp³-hybridized carbons (Fsp3) is 0.556. The largest absolute Gasteiger partial charge is 0.481 e. The van der Waals surface area contributed by atoms with Crippen LogP contribution in [0.2, 0.25) is 0 Å². The van der Waals surface area contributed by atoms with Crippen LogP contribution in [0.1, 0.15) is 18.6 Å². The van der Waals surface area contributed by atoms with Gasteiger partial charge in [0.15, 0.2) is 5.82 Å². The molecule has 0 fully saturated rings. The van der Waals surface area contributed by atoms with E-state index in [1.165, 1.54) is 18.9 Å². The first kappa shape index (κ1) is 12.2. The average Bonchev–Trinajstić information content (AvgIpc) is 2.61. The highest BCUT2D eigenvalue weighted by Gasteiger charge is 2.24. The van der Waals surface area contributed by atoms with Crippen LogP contribution in [-0.4, -0.2) is 44.1 Å². The lowest BCUT2D eigenvalue weighted by Gasteiger charge is -2.17. The van der Waals surface area contributed by atoms with Crippen LogP contribution >= 0.6 is 0 Å². The van der Waals surface area contributed by atoms with E-state index in [9.17, 15) is 9.59 Å². The number of hydrogen-bond acceptors (Lipinski definition) is 4. The van der Waals surface area contributed by atoms with Crippen molar-refractivity contribution in [3.63, 3.8) is 0 Å². The molecule has 0 spiro atoms. The Kier molecular flexibility index (Phi) is 3.60. The van der Waals surface area contributed by atoms with Crippen LogP contribution in [0.25, 0.3) is 0 Å². The number of carboxylic acids is 1. The summed E-state index contributed by atoms with van der Waals surface area (Å²) >= 11 is 0. The van der Waals surface area contributed by atoms with E-state index < -0.39 is 17.8 Å². The topological polar surface area (TPSA) is 99.2 Å². The van der Waals surface area contributed by atoms with Crippen molar-refractivity contribution in [1.82, 2.24) is 20.1 Å². The summed E-state index contributed by atoms with van der Waals surface area (Å²) in [7, 11) is 1.52. The maximum absolute atomic E-state index is 11.6. The molecule has 0 aliphatic heterocycles. The van der Waals surface area contributed by atoms with Gasteiger partial charge in [-0.3, -0.25) is 14.7 Å². The molecule has 0 aliphatic carbocycles. The Morgan fingerprint density at radius 1 is 1.56 bits per heavy atom. The summed E-state index contributed by atoms with van der Waals surface area (Å²) in [4.78, 5) is 27.5. The van der Waals surface area contributed by atoms with Gasteiger partial charge in [-0.25, -0.2) is 4.98 Å². The molecule has 2 N–H and O–H groups in total. The van der Waals surface area contributed by atoms with Crippen molar-refractivity contribution in [2.24, 2.45) is 5.92 Å². The van der Waals surface area contributed by atoms with E-state index in [0.29, 0.717) is 11.6 Å². The lowest BCUT2D eigenvalue weighted by atomic mass is 10.1. The monoisotopic (exact) mass is 226 g/mol. The van der Waals surface area contributed by atoms with E-state index in [-0.39, 0.29) is 6.54 Å². The molecule has 0 aromatic carbocycles. The van der Waals surface area contributed by atoms with Gasteiger partial charge in [-0.15, -0.1) is 0 Å². The molecule has 16 heavy (non-hydrogen) atoms. The minimum Gasteiger partial charge on any atom is -0.481 e. The summed E-state index contributed by atoms with van der Waals surface area (Å²) in [5, 5.41) is 15.2. The van der Waals surface area contributed by atoms with Crippen molar-refractivity contribution in [2.45, 2.75) is 20.4 Å². The number of carboxylic acid groups (broad SMARTS) is 1. The first-order valence-corrected chi connectivity index (χ1v) is 4.77. The number of aromatic amines is 1. The zero-order valence-corrected chi connectivity index (χ0v) is 9.39. The maximum atomic E-state index is 11.6. The van der Waals surface area contributed by atoms with Gasteiger partial charge in [0.2, 0.25) is 5.91 Å². The molecule has 1 aromatic heterocycles. The van der Waals surface area contributed by atoms with Crippen molar-refractivity contribution in [3.8, 4) is 0 Å². The number of rotatable bonds is 4. The molecule has 0 saturated carbocycles. The van der Waals surface area contributed by atoms with Crippen molar-refractivity contribution in [1.29, 1.82) is 0 Å². The number of aryl methyl sites for hydroxylation is 1. The Bertz CT molecular complexity index is 401. The molecule has 1 rings (SSSR count). The molecular weight excluding hydrogens is 212 g/mol. The van der Waals surface area contributed by atoms with Gasteiger partial charge in [0.1, 0.15) is 11.7 Å². The fourth-order valence-corrected chi connectivity index (χ4v) is 1.19. The zero-order chi connectivity index (χ0) is 12.3. The highest BCUT2D eigenvalue weighted by Crippen LogP contribution is 2.04. The maximum Gasteiger partial charge on any atom is 0.315 e. The van der Waals surface area contributed by atoms with E-state index in [2.05, 4.69) is 15.2 Å². The van der Waals surface area contributed by atoms with E-state index in [4.69, 9.17) is 5.11 Å². The van der Waals surface area contributed by atoms with Crippen LogP contribution in [-0.2, 0) is 16.1 Å². The minimum atomic E-state index is -1.14. The summed E-state index contributed by atoms with van der Waals surface area (Å²) in [6.45, 7) is 3.30. The summed E-state index contributed by atoms with van der Waals surface area (Å²) in [5.74, 6) is -1.53. The van der Waals surface area contributed by atoms with Gasteiger partial charge in [-0.2, -0.15) is 5.10 Å². The molecule has 0 aliphatic rings. The van der Waals surface area contributed by atoms with Gasteiger partial charge in [0.05, 0.1) is 6.54 Å². The van der Waals surface area contributed by atoms with Crippen LogP contribution in [0.4, 0.5) is 0 Å². The summed E-state index contributed by atoms with van der Waals surface area (Å²) in [6, 6.07) is 0. The number of amides is 1. The fourth-order valence-electron chi connectivity index (χ4n) is 1.19. The molecule has 1 amide bonds. The van der Waals surface area contributed by atoms with Gasteiger partial charge in [-0.1, -0.05) is 0 Å². The molecule has 1 heterocycles. The Morgan fingerprint density at radius 2 is 2.19 bits per heavy atom. The molecular formula is C9H14N4O3. The third kappa shape index (κ3) is 2.78. The molecule has 1 unspecified atom stereocenters. The molecule has 1 aromatic rings. The van der Waals surface area contributed by atoms with Crippen LogP contribution < -0.4 is 0 Å². The number of H-pyrrole nitrogens is 1. The number of aromatic nitrogens is 3. The van der Waals surface area contributed by atoms with Crippen molar-refractivity contribution in [2.75, 3.05) is 7.05 Å². The second-order valence-corrected chi connectivity index (χ2v) is 3.59. The van der Waals surface area contributed by atoms with Gasteiger partial charge in [-0.05, 0) is 13.8 Å². The second kappa shape index (κ2) is 4.73. The van der Waals surface area contributed by atoms with E-state index >= 15 is 0 Å². The van der Waals surface area contributed by atoms with E-state index in [1.807, 2.05) is 0 Å². The highest BCUT2D eigenvalue weighted by molar-refractivity contribution is 5.96.